The van der Waals surface area contributed by atoms with Gasteiger partial charge in [0, 0.05) is 34.1 Å². The van der Waals surface area contributed by atoms with Crippen LogP contribution in [0.3, 0.4) is 0 Å². The van der Waals surface area contributed by atoms with Crippen molar-refractivity contribution >= 4 is 51.2 Å². The predicted octanol–water partition coefficient (Wildman–Crippen LogP) is 18.8. The van der Waals surface area contributed by atoms with Crippen LogP contribution in [-0.4, -0.2) is 0 Å². The quantitative estimate of drug-likeness (QED) is 0.114. The van der Waals surface area contributed by atoms with Crippen LogP contribution in [0.1, 0.15) is 0 Å². The SMILES string of the molecule is c1ccc(-c2ccc(N(c3ccc(-c4ccccc4)cc3)c3cc(N(c4ccccc4)c4ccccc4)cc(N(c4ccc(-c5ccccc5)cc4)c4ccc(-c5ccccc5)cc4)c3)cc2)cc1. The van der Waals surface area contributed by atoms with Gasteiger partial charge < -0.3 is 14.7 Å². The second kappa shape index (κ2) is 19.7. The fourth-order valence-corrected chi connectivity index (χ4v) is 9.20. The molecule has 328 valence electrons. The largest absolute Gasteiger partial charge is 0.310 e. The van der Waals surface area contributed by atoms with Gasteiger partial charge in [-0.1, -0.05) is 206 Å². The zero-order chi connectivity index (χ0) is 46.2. The lowest BCUT2D eigenvalue weighted by atomic mass is 10.0. The standard InChI is InChI=1S/C66H49N3/c1-7-19-50(20-8-1)54-31-39-60(40-32-54)68(61-41-33-55(34-42-61)51-21-9-2-10-22-51)65-47-64(67(58-27-15-5-16-28-58)59-29-17-6-18-30-59)48-66(49-65)69(62-43-35-56(36-44-62)52-23-11-3-12-24-52)63-45-37-57(38-46-63)53-25-13-4-14-26-53/h1-49H. The summed E-state index contributed by atoms with van der Waals surface area (Å²) in [5, 5.41) is 0. The number of hydrogen-bond acceptors (Lipinski definition) is 3. The summed E-state index contributed by atoms with van der Waals surface area (Å²) in [6, 6.07) is 107. The van der Waals surface area contributed by atoms with E-state index in [0.29, 0.717) is 0 Å². The van der Waals surface area contributed by atoms with E-state index in [2.05, 4.69) is 312 Å². The molecule has 3 heteroatoms. The molecule has 3 nitrogen and oxygen atoms in total. The molecule has 0 saturated heterocycles. The van der Waals surface area contributed by atoms with Gasteiger partial charge in [-0.3, -0.25) is 0 Å². The minimum atomic E-state index is 1.01. The average Bonchev–Trinajstić information content (AvgIpc) is 3.43. The molecule has 0 bridgehead atoms. The maximum atomic E-state index is 2.39. The zero-order valence-electron chi connectivity index (χ0n) is 38.1. The van der Waals surface area contributed by atoms with Gasteiger partial charge in [0.2, 0.25) is 0 Å². The molecule has 0 N–H and O–H groups in total. The lowest BCUT2D eigenvalue weighted by Crippen LogP contribution is -2.16. The van der Waals surface area contributed by atoms with Crippen molar-refractivity contribution in [1.29, 1.82) is 0 Å². The summed E-state index contributed by atoms with van der Waals surface area (Å²) in [6.07, 6.45) is 0. The van der Waals surface area contributed by atoms with E-state index in [-0.39, 0.29) is 0 Å². The molecular weight excluding hydrogens is 835 g/mol. The minimum absolute atomic E-state index is 1.01. The Morgan fingerprint density at radius 3 is 0.493 bits per heavy atom. The summed E-state index contributed by atoms with van der Waals surface area (Å²) in [7, 11) is 0. The smallest absolute Gasteiger partial charge is 0.0503 e. The van der Waals surface area contributed by atoms with Gasteiger partial charge in [-0.2, -0.15) is 0 Å². The first-order valence-corrected chi connectivity index (χ1v) is 23.5. The maximum Gasteiger partial charge on any atom is 0.0503 e. The summed E-state index contributed by atoms with van der Waals surface area (Å²) in [5.74, 6) is 0. The van der Waals surface area contributed by atoms with Gasteiger partial charge >= 0.3 is 0 Å². The summed E-state index contributed by atoms with van der Waals surface area (Å²) < 4.78 is 0. The number of para-hydroxylation sites is 2. The lowest BCUT2D eigenvalue weighted by Gasteiger charge is -2.33. The first-order valence-electron chi connectivity index (χ1n) is 23.5. The highest BCUT2D eigenvalue weighted by Crippen LogP contribution is 2.47. The van der Waals surface area contributed by atoms with Crippen molar-refractivity contribution in [2.75, 3.05) is 14.7 Å². The number of rotatable bonds is 13. The van der Waals surface area contributed by atoms with Crippen LogP contribution in [0.25, 0.3) is 44.5 Å². The second-order valence-corrected chi connectivity index (χ2v) is 17.0. The molecule has 0 heterocycles. The molecule has 0 atom stereocenters. The first-order chi connectivity index (χ1) is 34.2. The molecule has 0 amide bonds. The minimum Gasteiger partial charge on any atom is -0.310 e. The van der Waals surface area contributed by atoms with Gasteiger partial charge in [0.15, 0.2) is 0 Å². The van der Waals surface area contributed by atoms with Gasteiger partial charge in [-0.25, -0.2) is 0 Å². The van der Waals surface area contributed by atoms with E-state index in [1.807, 2.05) is 0 Å². The van der Waals surface area contributed by atoms with Gasteiger partial charge in [-0.15, -0.1) is 0 Å². The molecule has 11 aromatic rings. The Hall–Kier alpha value is -9.18. The molecular formula is C66H49N3. The topological polar surface area (TPSA) is 9.72 Å². The Morgan fingerprint density at radius 2 is 0.290 bits per heavy atom. The summed E-state index contributed by atoms with van der Waals surface area (Å²) in [5.41, 5.74) is 18.7. The molecule has 0 aliphatic carbocycles. The van der Waals surface area contributed by atoms with Gasteiger partial charge in [0.25, 0.3) is 0 Å². The molecule has 0 aliphatic heterocycles. The Labute approximate surface area is 405 Å². The van der Waals surface area contributed by atoms with E-state index in [4.69, 9.17) is 0 Å². The highest BCUT2D eigenvalue weighted by atomic mass is 15.2. The van der Waals surface area contributed by atoms with Crippen LogP contribution < -0.4 is 14.7 Å². The molecule has 0 saturated carbocycles. The predicted molar refractivity (Wildman–Crippen MR) is 292 cm³/mol. The van der Waals surface area contributed by atoms with Crippen molar-refractivity contribution in [2.45, 2.75) is 0 Å². The Bertz CT molecular complexity index is 2970. The normalized spacial score (nSPS) is 10.9. The van der Waals surface area contributed by atoms with Crippen molar-refractivity contribution in [2.24, 2.45) is 0 Å². The van der Waals surface area contributed by atoms with Crippen molar-refractivity contribution in [3.8, 4) is 44.5 Å². The number of nitrogens with zero attached hydrogens (tertiary/aromatic N) is 3. The molecule has 0 radical (unpaired) electrons. The van der Waals surface area contributed by atoms with Crippen molar-refractivity contribution in [3.05, 3.63) is 297 Å². The van der Waals surface area contributed by atoms with Gasteiger partial charge in [0.1, 0.15) is 0 Å². The molecule has 0 spiro atoms. The Kier molecular flexibility index (Phi) is 12.1. The van der Waals surface area contributed by atoms with Crippen molar-refractivity contribution in [1.82, 2.24) is 0 Å². The van der Waals surface area contributed by atoms with E-state index in [1.165, 1.54) is 22.3 Å². The monoisotopic (exact) mass is 883 g/mol. The van der Waals surface area contributed by atoms with Crippen LogP contribution >= 0.6 is 0 Å². The highest BCUT2D eigenvalue weighted by molar-refractivity contribution is 5.90. The van der Waals surface area contributed by atoms with Crippen LogP contribution in [0.2, 0.25) is 0 Å². The molecule has 0 fully saturated rings. The molecule has 0 aliphatic rings. The van der Waals surface area contributed by atoms with Crippen LogP contribution in [0.4, 0.5) is 51.2 Å². The van der Waals surface area contributed by atoms with Crippen LogP contribution in [0.5, 0.6) is 0 Å². The van der Waals surface area contributed by atoms with E-state index < -0.39 is 0 Å². The summed E-state index contributed by atoms with van der Waals surface area (Å²) in [4.78, 5) is 7.14. The second-order valence-electron chi connectivity index (χ2n) is 17.0. The highest BCUT2D eigenvalue weighted by Gasteiger charge is 2.23. The van der Waals surface area contributed by atoms with Crippen molar-refractivity contribution in [3.63, 3.8) is 0 Å². The van der Waals surface area contributed by atoms with E-state index >= 15 is 0 Å². The lowest BCUT2D eigenvalue weighted by molar-refractivity contribution is 1.22. The Balaban J connectivity index is 1.14. The molecule has 11 rings (SSSR count). The maximum absolute atomic E-state index is 2.39. The average molecular weight is 884 g/mol. The van der Waals surface area contributed by atoms with Crippen LogP contribution in [0, 0.1) is 0 Å². The zero-order valence-corrected chi connectivity index (χ0v) is 38.1. The summed E-state index contributed by atoms with van der Waals surface area (Å²) >= 11 is 0. The molecule has 0 unspecified atom stereocenters. The number of anilines is 9. The third-order valence-corrected chi connectivity index (χ3v) is 12.6. The first kappa shape index (κ1) is 42.5. The third kappa shape index (κ3) is 9.31. The molecule has 11 aromatic carbocycles. The number of hydrogen-bond donors (Lipinski definition) is 0. The molecule has 69 heavy (non-hydrogen) atoms. The van der Waals surface area contributed by atoms with E-state index in [9.17, 15) is 0 Å². The van der Waals surface area contributed by atoms with Crippen LogP contribution in [0.15, 0.2) is 297 Å². The van der Waals surface area contributed by atoms with E-state index in [1.54, 1.807) is 0 Å². The summed E-state index contributed by atoms with van der Waals surface area (Å²) in [6.45, 7) is 0. The number of benzene rings is 11. The molecule has 0 aromatic heterocycles. The van der Waals surface area contributed by atoms with Gasteiger partial charge in [-0.05, 0) is 136 Å². The van der Waals surface area contributed by atoms with Gasteiger partial charge in [0.05, 0.1) is 17.1 Å². The third-order valence-electron chi connectivity index (χ3n) is 12.6. The fraction of sp³-hybridized carbons (Fsp3) is 0. The van der Waals surface area contributed by atoms with Crippen LogP contribution in [-0.2, 0) is 0 Å². The van der Waals surface area contributed by atoms with E-state index in [0.717, 1.165) is 73.4 Å². The van der Waals surface area contributed by atoms with Crippen molar-refractivity contribution < 1.29 is 0 Å². The Morgan fingerprint density at radius 1 is 0.130 bits per heavy atom. The fourth-order valence-electron chi connectivity index (χ4n) is 9.20.